The van der Waals surface area contributed by atoms with Gasteiger partial charge in [0.2, 0.25) is 0 Å². The third-order valence-corrected chi connectivity index (χ3v) is 2.61. The van der Waals surface area contributed by atoms with Crippen molar-refractivity contribution in [2.45, 2.75) is 31.9 Å². The van der Waals surface area contributed by atoms with E-state index in [2.05, 4.69) is 11.8 Å². The van der Waals surface area contributed by atoms with Gasteiger partial charge >= 0.3 is 0 Å². The van der Waals surface area contributed by atoms with Crippen molar-refractivity contribution in [3.8, 4) is 0 Å². The van der Waals surface area contributed by atoms with E-state index in [1.165, 1.54) is 25.9 Å². The fraction of sp³-hybridized carbons (Fsp3) is 1.00. The van der Waals surface area contributed by atoms with Gasteiger partial charge in [0.1, 0.15) is 0 Å². The molecule has 0 spiro atoms. The molecule has 0 aromatic rings. The topological polar surface area (TPSA) is 15.8 Å². The van der Waals surface area contributed by atoms with Gasteiger partial charge in [0.05, 0.1) is 12.7 Å². The number of likely N-dealkylation sites (N-methyl/N-ethyl adjacent to an activating group) is 1. The fourth-order valence-corrected chi connectivity index (χ4v) is 1.94. The van der Waals surface area contributed by atoms with Gasteiger partial charge in [-0.3, -0.25) is 4.90 Å². The highest BCUT2D eigenvalue weighted by molar-refractivity contribution is 4.90. The third-order valence-electron chi connectivity index (χ3n) is 2.61. The maximum Gasteiger partial charge on any atom is 0.0964 e. The number of rotatable bonds is 2. The van der Waals surface area contributed by atoms with Crippen molar-refractivity contribution in [3.63, 3.8) is 0 Å². The second kappa shape index (κ2) is 2.51. The van der Waals surface area contributed by atoms with Crippen LogP contribution in [0.5, 0.6) is 0 Å². The first-order valence-electron chi connectivity index (χ1n) is 4.27. The molecule has 0 saturated carbocycles. The van der Waals surface area contributed by atoms with Crippen LogP contribution in [0.25, 0.3) is 0 Å². The smallest absolute Gasteiger partial charge is 0.0964 e. The maximum atomic E-state index is 5.28. The van der Waals surface area contributed by atoms with Gasteiger partial charge in [-0.15, -0.1) is 0 Å². The van der Waals surface area contributed by atoms with E-state index in [1.807, 2.05) is 0 Å². The number of nitrogens with zero attached hydrogens (tertiary/aromatic N) is 1. The molecule has 2 aliphatic heterocycles. The molecule has 0 N–H and O–H groups in total. The number of epoxide rings is 1. The Morgan fingerprint density at radius 2 is 2.40 bits per heavy atom. The molecule has 0 bridgehead atoms. The van der Waals surface area contributed by atoms with Crippen molar-refractivity contribution in [2.24, 2.45) is 0 Å². The summed E-state index contributed by atoms with van der Waals surface area (Å²) in [5, 5.41) is 0. The van der Waals surface area contributed by atoms with Gasteiger partial charge in [0.25, 0.3) is 0 Å². The van der Waals surface area contributed by atoms with Crippen LogP contribution in [-0.2, 0) is 4.74 Å². The normalized spacial score (nSPS) is 40.5. The Hall–Kier alpha value is -0.0800. The number of likely N-dealkylation sites (tertiary alicyclic amines) is 1. The first-order valence-corrected chi connectivity index (χ1v) is 4.27. The zero-order valence-corrected chi connectivity index (χ0v) is 6.55. The molecule has 0 aromatic carbocycles. The zero-order valence-electron chi connectivity index (χ0n) is 6.55. The highest BCUT2D eigenvalue weighted by Gasteiger charge is 2.38. The molecule has 2 heteroatoms. The predicted octanol–water partition coefficient (Wildman–Crippen LogP) is 0.869. The van der Waals surface area contributed by atoms with Crippen LogP contribution < -0.4 is 0 Å². The molecule has 0 aliphatic carbocycles. The van der Waals surface area contributed by atoms with Gasteiger partial charge in [0, 0.05) is 6.04 Å². The van der Waals surface area contributed by atoms with Gasteiger partial charge in [-0.2, -0.15) is 0 Å². The van der Waals surface area contributed by atoms with Crippen molar-refractivity contribution >= 4 is 0 Å². The van der Waals surface area contributed by atoms with E-state index >= 15 is 0 Å². The molecule has 2 fully saturated rings. The van der Waals surface area contributed by atoms with Gasteiger partial charge in [0.15, 0.2) is 0 Å². The number of ether oxygens (including phenoxy) is 1. The summed E-state index contributed by atoms with van der Waals surface area (Å²) >= 11 is 0. The van der Waals surface area contributed by atoms with Crippen LogP contribution in [0.1, 0.15) is 19.8 Å². The second-order valence-corrected chi connectivity index (χ2v) is 3.21. The molecule has 0 aromatic heterocycles. The summed E-state index contributed by atoms with van der Waals surface area (Å²) in [5.74, 6) is 0. The minimum atomic E-state index is 0.599. The Bertz CT molecular complexity index is 122. The van der Waals surface area contributed by atoms with E-state index in [0.29, 0.717) is 6.10 Å². The lowest BCUT2D eigenvalue weighted by atomic mass is 10.1. The highest BCUT2D eigenvalue weighted by Crippen LogP contribution is 2.27. The molecule has 2 nitrogen and oxygen atoms in total. The molecule has 2 rings (SSSR count). The first-order chi connectivity index (χ1) is 4.92. The predicted molar refractivity (Wildman–Crippen MR) is 40.0 cm³/mol. The Labute approximate surface area is 62.2 Å². The molecular weight excluding hydrogens is 126 g/mol. The summed E-state index contributed by atoms with van der Waals surface area (Å²) in [6.07, 6.45) is 3.33. The summed E-state index contributed by atoms with van der Waals surface area (Å²) < 4.78 is 5.28. The molecule has 58 valence electrons. The van der Waals surface area contributed by atoms with E-state index < -0.39 is 0 Å². The van der Waals surface area contributed by atoms with Crippen molar-refractivity contribution < 1.29 is 4.74 Å². The number of hydrogen-bond acceptors (Lipinski definition) is 2. The lowest BCUT2D eigenvalue weighted by molar-refractivity contribution is 0.217. The summed E-state index contributed by atoms with van der Waals surface area (Å²) in [7, 11) is 0. The monoisotopic (exact) mass is 141 g/mol. The Morgan fingerprint density at radius 1 is 1.60 bits per heavy atom. The van der Waals surface area contributed by atoms with Crippen molar-refractivity contribution in [2.75, 3.05) is 19.7 Å². The van der Waals surface area contributed by atoms with Crippen molar-refractivity contribution in [1.29, 1.82) is 0 Å². The number of hydrogen-bond donors (Lipinski definition) is 0. The molecule has 10 heavy (non-hydrogen) atoms. The Kier molecular flexibility index (Phi) is 1.66. The molecule has 2 atom stereocenters. The van der Waals surface area contributed by atoms with Gasteiger partial charge in [-0.1, -0.05) is 6.92 Å². The molecule has 0 unspecified atom stereocenters. The third kappa shape index (κ3) is 1.06. The average molecular weight is 141 g/mol. The molecule has 2 aliphatic rings. The molecule has 0 radical (unpaired) electrons. The first kappa shape index (κ1) is 6.62. The van der Waals surface area contributed by atoms with Gasteiger partial charge < -0.3 is 4.74 Å². The quantitative estimate of drug-likeness (QED) is 0.530. The van der Waals surface area contributed by atoms with Crippen LogP contribution in [0.15, 0.2) is 0 Å². The lowest BCUT2D eigenvalue weighted by Gasteiger charge is -2.20. The highest BCUT2D eigenvalue weighted by atomic mass is 16.6. The molecular formula is C8H15NO. The van der Waals surface area contributed by atoms with E-state index in [9.17, 15) is 0 Å². The van der Waals surface area contributed by atoms with Crippen molar-refractivity contribution in [3.05, 3.63) is 0 Å². The fourth-order valence-electron chi connectivity index (χ4n) is 1.94. The van der Waals surface area contributed by atoms with Crippen LogP contribution >= 0.6 is 0 Å². The Balaban J connectivity index is 1.91. The summed E-state index contributed by atoms with van der Waals surface area (Å²) in [6.45, 7) is 5.74. The zero-order chi connectivity index (χ0) is 6.97. The van der Waals surface area contributed by atoms with Crippen LogP contribution in [0.3, 0.4) is 0 Å². The van der Waals surface area contributed by atoms with E-state index in [-0.39, 0.29) is 0 Å². The van der Waals surface area contributed by atoms with Crippen LogP contribution in [0.2, 0.25) is 0 Å². The van der Waals surface area contributed by atoms with Gasteiger partial charge in [-0.25, -0.2) is 0 Å². The maximum absolute atomic E-state index is 5.28. The van der Waals surface area contributed by atoms with E-state index in [4.69, 9.17) is 4.74 Å². The summed E-state index contributed by atoms with van der Waals surface area (Å²) in [4.78, 5) is 2.54. The van der Waals surface area contributed by atoms with E-state index in [1.54, 1.807) is 0 Å². The molecule has 2 saturated heterocycles. The molecule has 2 heterocycles. The lowest BCUT2D eigenvalue weighted by Crippen LogP contribution is -2.33. The second-order valence-electron chi connectivity index (χ2n) is 3.21. The van der Waals surface area contributed by atoms with Gasteiger partial charge in [-0.05, 0) is 25.9 Å². The van der Waals surface area contributed by atoms with Crippen LogP contribution in [-0.4, -0.2) is 36.7 Å². The van der Waals surface area contributed by atoms with Crippen molar-refractivity contribution in [1.82, 2.24) is 4.90 Å². The largest absolute Gasteiger partial charge is 0.371 e. The van der Waals surface area contributed by atoms with Crippen LogP contribution in [0, 0.1) is 0 Å². The summed E-state index contributed by atoms with van der Waals surface area (Å²) in [5.41, 5.74) is 0. The molecule has 0 amide bonds. The SMILES string of the molecule is CCN1CCC[C@H]1[C@@H]1CO1. The van der Waals surface area contributed by atoms with Crippen LogP contribution in [0.4, 0.5) is 0 Å². The standard InChI is InChI=1S/C8H15NO/c1-2-9-5-3-4-7(9)8-6-10-8/h7-8H,2-6H2,1H3/t7-,8-/m0/s1. The minimum absolute atomic E-state index is 0.599. The minimum Gasteiger partial charge on any atom is -0.371 e. The average Bonchev–Trinajstić information content (AvgIpc) is 2.69. The van der Waals surface area contributed by atoms with E-state index in [0.717, 1.165) is 12.6 Å². The summed E-state index contributed by atoms with van der Waals surface area (Å²) in [6, 6.07) is 0.769. The Morgan fingerprint density at radius 3 is 3.00 bits per heavy atom.